The van der Waals surface area contributed by atoms with Gasteiger partial charge in [0.05, 0.1) is 9.75 Å². The number of thiophene rings is 2. The summed E-state index contributed by atoms with van der Waals surface area (Å²) in [5, 5.41) is 0. The van der Waals surface area contributed by atoms with Crippen LogP contribution in [0.25, 0.3) is 9.75 Å². The molecule has 2 aromatic heterocycles. The van der Waals surface area contributed by atoms with E-state index in [0.717, 1.165) is 18.6 Å². The third kappa shape index (κ3) is 5.51. The first-order valence-electron chi connectivity index (χ1n) is 14.6. The maximum absolute atomic E-state index is 7.18. The van der Waals surface area contributed by atoms with E-state index in [2.05, 4.69) is 88.4 Å². The summed E-state index contributed by atoms with van der Waals surface area (Å²) in [7, 11) is 0. The summed E-state index contributed by atoms with van der Waals surface area (Å²) >= 11 is 3.76. The van der Waals surface area contributed by atoms with E-state index in [0.29, 0.717) is 0 Å². The first-order valence-corrected chi connectivity index (χ1v) is 16.3. The zero-order chi connectivity index (χ0) is 26.5. The number of benzene rings is 2. The monoisotopic (exact) mass is 542 g/mol. The van der Waals surface area contributed by atoms with Crippen molar-refractivity contribution in [3.63, 3.8) is 0 Å². The van der Waals surface area contributed by atoms with E-state index < -0.39 is 5.60 Å². The predicted octanol–water partition coefficient (Wildman–Crippen LogP) is 11.0. The molecule has 3 heteroatoms. The summed E-state index contributed by atoms with van der Waals surface area (Å²) in [5.41, 5.74) is 5.94. The summed E-state index contributed by atoms with van der Waals surface area (Å²) in [5.74, 6) is 1.02. The minimum Gasteiger partial charge on any atom is -0.471 e. The number of hydrogen-bond donors (Lipinski definition) is 0. The summed E-state index contributed by atoms with van der Waals surface area (Å²) < 4.78 is 7.18. The Morgan fingerprint density at radius 1 is 0.605 bits per heavy atom. The highest BCUT2D eigenvalue weighted by atomic mass is 32.1. The Labute approximate surface area is 237 Å². The van der Waals surface area contributed by atoms with Gasteiger partial charge in [-0.1, -0.05) is 101 Å². The highest BCUT2D eigenvalue weighted by Crippen LogP contribution is 2.56. The second-order valence-corrected chi connectivity index (χ2v) is 13.5. The second-order valence-electron chi connectivity index (χ2n) is 10.9. The van der Waals surface area contributed by atoms with Gasteiger partial charge in [0.1, 0.15) is 5.75 Å². The van der Waals surface area contributed by atoms with Crippen LogP contribution in [0.3, 0.4) is 0 Å². The van der Waals surface area contributed by atoms with Crippen LogP contribution in [-0.4, -0.2) is 0 Å². The van der Waals surface area contributed by atoms with Gasteiger partial charge in [0.15, 0.2) is 5.60 Å². The number of aryl methyl sites for hydroxylation is 4. The Bertz CT molecular complexity index is 1270. The average Bonchev–Trinajstić information content (AvgIpc) is 3.51. The van der Waals surface area contributed by atoms with Crippen molar-refractivity contribution in [3.05, 3.63) is 98.2 Å². The Balaban J connectivity index is 1.55. The van der Waals surface area contributed by atoms with Gasteiger partial charge in [-0.25, -0.2) is 0 Å². The molecule has 0 unspecified atom stereocenters. The molecule has 0 N–H and O–H groups in total. The van der Waals surface area contributed by atoms with Crippen LogP contribution in [0.2, 0.25) is 0 Å². The van der Waals surface area contributed by atoms with E-state index in [-0.39, 0.29) is 0 Å². The van der Waals surface area contributed by atoms with Gasteiger partial charge in [-0.15, -0.1) is 22.7 Å². The van der Waals surface area contributed by atoms with Crippen LogP contribution in [0.4, 0.5) is 0 Å². The molecule has 5 rings (SSSR count). The molecule has 0 aliphatic carbocycles. The van der Waals surface area contributed by atoms with Crippen molar-refractivity contribution in [3.8, 4) is 15.5 Å². The van der Waals surface area contributed by atoms with Crippen molar-refractivity contribution in [2.75, 3.05) is 0 Å². The molecule has 0 bridgehead atoms. The van der Waals surface area contributed by atoms with E-state index in [1.54, 1.807) is 0 Å². The van der Waals surface area contributed by atoms with Gasteiger partial charge in [-0.05, 0) is 62.8 Å². The smallest absolute Gasteiger partial charge is 0.186 e. The third-order valence-corrected chi connectivity index (χ3v) is 10.1. The molecule has 2 aromatic carbocycles. The van der Waals surface area contributed by atoms with Gasteiger partial charge >= 0.3 is 0 Å². The van der Waals surface area contributed by atoms with Crippen LogP contribution in [0, 0.1) is 13.8 Å². The minimum absolute atomic E-state index is 0.637. The van der Waals surface area contributed by atoms with E-state index in [1.165, 1.54) is 98.7 Å². The highest BCUT2D eigenvalue weighted by molar-refractivity contribution is 7.22. The molecule has 1 nitrogen and oxygen atoms in total. The van der Waals surface area contributed by atoms with Crippen molar-refractivity contribution in [2.45, 2.75) is 97.5 Å². The maximum Gasteiger partial charge on any atom is 0.186 e. The molecule has 1 aliphatic heterocycles. The fraction of sp³-hybridized carbons (Fsp3) is 0.429. The van der Waals surface area contributed by atoms with Crippen LogP contribution in [-0.2, 0) is 18.4 Å². The van der Waals surface area contributed by atoms with Gasteiger partial charge in [0.25, 0.3) is 0 Å². The van der Waals surface area contributed by atoms with E-state index in [9.17, 15) is 0 Å². The molecule has 0 radical (unpaired) electrons. The lowest BCUT2D eigenvalue weighted by molar-refractivity contribution is 0.153. The van der Waals surface area contributed by atoms with Crippen molar-refractivity contribution >= 4 is 22.7 Å². The Hall–Kier alpha value is -2.36. The minimum atomic E-state index is -0.637. The van der Waals surface area contributed by atoms with Gasteiger partial charge in [0.2, 0.25) is 0 Å². The molecule has 0 fully saturated rings. The van der Waals surface area contributed by atoms with Crippen molar-refractivity contribution in [1.82, 2.24) is 0 Å². The molecule has 200 valence electrons. The fourth-order valence-electron chi connectivity index (χ4n) is 5.81. The molecule has 0 saturated heterocycles. The lowest BCUT2D eigenvalue weighted by Crippen LogP contribution is -2.37. The van der Waals surface area contributed by atoms with Crippen LogP contribution < -0.4 is 4.74 Å². The van der Waals surface area contributed by atoms with Crippen molar-refractivity contribution in [2.24, 2.45) is 0 Å². The lowest BCUT2D eigenvalue weighted by Gasteiger charge is -2.39. The summed E-state index contributed by atoms with van der Waals surface area (Å²) in [6.45, 7) is 8.97. The predicted molar refractivity (Wildman–Crippen MR) is 166 cm³/mol. The van der Waals surface area contributed by atoms with E-state index in [4.69, 9.17) is 4.74 Å². The van der Waals surface area contributed by atoms with Crippen LogP contribution >= 0.6 is 22.7 Å². The average molecular weight is 543 g/mol. The molecular formula is C35H42OS2. The number of rotatable bonds is 12. The van der Waals surface area contributed by atoms with Gasteiger partial charge in [0, 0.05) is 26.4 Å². The number of fused-ring (bicyclic) bond motifs is 3. The molecule has 0 spiro atoms. The quantitative estimate of drug-likeness (QED) is 0.162. The summed E-state index contributed by atoms with van der Waals surface area (Å²) in [4.78, 5) is 5.29. The van der Waals surface area contributed by atoms with Crippen LogP contribution in [0.15, 0.2) is 60.7 Å². The molecular weight excluding hydrogens is 501 g/mol. The Morgan fingerprint density at radius 2 is 1.11 bits per heavy atom. The largest absolute Gasteiger partial charge is 0.471 e. The SMILES string of the molecule is CCCCCCc1ccc(C2(c3ccc(CCCCCC)cc3)Oc3cc(C)sc3-c3sc(C)cc32)cc1. The molecule has 1 aliphatic rings. The molecule has 4 aromatic rings. The van der Waals surface area contributed by atoms with E-state index >= 15 is 0 Å². The van der Waals surface area contributed by atoms with Crippen molar-refractivity contribution in [1.29, 1.82) is 0 Å². The number of ether oxygens (including phenoxy) is 1. The molecule has 38 heavy (non-hydrogen) atoms. The Kier molecular flexibility index (Phi) is 8.75. The zero-order valence-corrected chi connectivity index (χ0v) is 25.2. The lowest BCUT2D eigenvalue weighted by atomic mass is 9.78. The highest BCUT2D eigenvalue weighted by Gasteiger charge is 2.46. The van der Waals surface area contributed by atoms with Crippen LogP contribution in [0.5, 0.6) is 5.75 Å². The molecule has 0 amide bonds. The van der Waals surface area contributed by atoms with E-state index in [1.807, 2.05) is 22.7 Å². The number of unbranched alkanes of at least 4 members (excludes halogenated alkanes) is 6. The second kappa shape index (κ2) is 12.2. The first kappa shape index (κ1) is 27.2. The fourth-order valence-corrected chi connectivity index (χ4v) is 7.96. The van der Waals surface area contributed by atoms with Gasteiger partial charge in [-0.2, -0.15) is 0 Å². The van der Waals surface area contributed by atoms with Crippen LogP contribution in [0.1, 0.15) is 103 Å². The maximum atomic E-state index is 7.18. The third-order valence-electron chi connectivity index (χ3n) is 7.88. The van der Waals surface area contributed by atoms with Crippen molar-refractivity contribution < 1.29 is 4.74 Å². The standard InChI is InChI=1S/C35H42OS2/c1-5-7-9-11-13-27-15-19-29(20-16-27)35(30-21-17-28(18-22-30)14-12-10-8-6-2)31-23-25(3)37-33(31)34-32(36-35)24-26(4)38-34/h15-24H,5-14H2,1-4H3. The molecule has 0 saturated carbocycles. The Morgan fingerprint density at radius 3 is 1.63 bits per heavy atom. The summed E-state index contributed by atoms with van der Waals surface area (Å²) in [6, 6.07) is 23.3. The van der Waals surface area contributed by atoms with Gasteiger partial charge in [-0.3, -0.25) is 0 Å². The zero-order valence-electron chi connectivity index (χ0n) is 23.6. The molecule has 0 atom stereocenters. The first-order chi connectivity index (χ1) is 18.5. The topological polar surface area (TPSA) is 9.23 Å². The van der Waals surface area contributed by atoms with Gasteiger partial charge < -0.3 is 4.74 Å². The normalized spacial score (nSPS) is 13.7. The molecule has 3 heterocycles. The number of hydrogen-bond acceptors (Lipinski definition) is 3. The summed E-state index contributed by atoms with van der Waals surface area (Å²) in [6.07, 6.45) is 12.7.